The number of nitrogens with zero attached hydrogens (tertiary/aromatic N) is 1. The minimum atomic E-state index is 0.652. The first kappa shape index (κ1) is 9.68. The van der Waals surface area contributed by atoms with E-state index in [9.17, 15) is 0 Å². The van der Waals surface area contributed by atoms with Crippen LogP contribution in [0, 0.1) is 11.3 Å². The van der Waals surface area contributed by atoms with Crippen LogP contribution in [0.5, 0.6) is 0 Å². The Bertz CT molecular complexity index is 773. The summed E-state index contributed by atoms with van der Waals surface area (Å²) in [4.78, 5) is 3.35. The third-order valence-electron chi connectivity index (χ3n) is 3.05. The van der Waals surface area contributed by atoms with Crippen molar-refractivity contribution in [2.24, 2.45) is 0 Å². The van der Waals surface area contributed by atoms with Crippen LogP contribution >= 0.6 is 0 Å². The van der Waals surface area contributed by atoms with Crippen molar-refractivity contribution < 1.29 is 0 Å². The summed E-state index contributed by atoms with van der Waals surface area (Å²) >= 11 is 0. The van der Waals surface area contributed by atoms with Crippen LogP contribution in [0.25, 0.3) is 27.9 Å². The molecule has 3 rings (SSSR count). The highest BCUT2D eigenvalue weighted by Gasteiger charge is 2.09. The van der Waals surface area contributed by atoms with Crippen LogP contribution in [0.4, 0.5) is 0 Å². The molecule has 0 fully saturated rings. The first-order valence-electron chi connectivity index (χ1n) is 5.41. The van der Waals surface area contributed by atoms with Gasteiger partial charge in [-0.25, -0.2) is 0 Å². The summed E-state index contributed by atoms with van der Waals surface area (Å²) in [6, 6.07) is 14.1. The largest absolute Gasteiger partial charge is 0.354 e. The van der Waals surface area contributed by atoms with Crippen molar-refractivity contribution in [3.63, 3.8) is 0 Å². The number of benzene rings is 2. The Hall–Kier alpha value is -2.53. The van der Waals surface area contributed by atoms with E-state index in [2.05, 4.69) is 23.7 Å². The maximum atomic E-state index is 9.07. The highest BCUT2D eigenvalue weighted by molar-refractivity contribution is 6.10. The van der Waals surface area contributed by atoms with Gasteiger partial charge in [0, 0.05) is 21.9 Å². The van der Waals surface area contributed by atoms with Crippen molar-refractivity contribution in [3.8, 4) is 6.07 Å². The Kier molecular flexibility index (Phi) is 1.99. The molecule has 0 aliphatic carbocycles. The Morgan fingerprint density at radius 3 is 2.71 bits per heavy atom. The maximum Gasteiger partial charge on any atom is 0.0998 e. The Labute approximate surface area is 98.8 Å². The smallest absolute Gasteiger partial charge is 0.0998 e. The molecule has 2 heteroatoms. The quantitative estimate of drug-likeness (QED) is 0.662. The zero-order chi connectivity index (χ0) is 11.8. The average molecular weight is 218 g/mol. The molecule has 17 heavy (non-hydrogen) atoms. The third kappa shape index (κ3) is 1.26. The molecule has 0 saturated carbocycles. The van der Waals surface area contributed by atoms with E-state index in [1.807, 2.05) is 30.3 Å². The second-order valence-corrected chi connectivity index (χ2v) is 3.94. The summed E-state index contributed by atoms with van der Waals surface area (Å²) in [6.45, 7) is 3.79. The van der Waals surface area contributed by atoms with Gasteiger partial charge < -0.3 is 4.98 Å². The fourth-order valence-corrected chi connectivity index (χ4v) is 2.25. The Morgan fingerprint density at radius 1 is 1.12 bits per heavy atom. The molecule has 3 aromatic rings. The number of nitriles is 1. The minimum absolute atomic E-state index is 0.652. The number of H-pyrrole nitrogens is 1. The molecule has 1 aromatic heterocycles. The number of nitrogens with one attached hydrogen (secondary N) is 1. The molecule has 0 spiro atoms. The molecule has 0 unspecified atom stereocenters. The molecule has 0 aliphatic rings. The van der Waals surface area contributed by atoms with Crippen molar-refractivity contribution in [2.45, 2.75) is 0 Å². The zero-order valence-electron chi connectivity index (χ0n) is 9.20. The number of fused-ring (bicyclic) bond motifs is 3. The lowest BCUT2D eigenvalue weighted by molar-refractivity contribution is 1.47. The first-order chi connectivity index (χ1) is 8.35. The van der Waals surface area contributed by atoms with E-state index in [1.54, 1.807) is 6.08 Å². The molecule has 0 amide bonds. The Balaban J connectivity index is 2.57. The summed E-state index contributed by atoms with van der Waals surface area (Å²) in [7, 11) is 0. The van der Waals surface area contributed by atoms with E-state index in [0.29, 0.717) is 5.56 Å². The summed E-state index contributed by atoms with van der Waals surface area (Å²) in [5.74, 6) is 0. The van der Waals surface area contributed by atoms with E-state index in [1.165, 1.54) is 5.39 Å². The highest BCUT2D eigenvalue weighted by Crippen LogP contribution is 2.29. The van der Waals surface area contributed by atoms with Gasteiger partial charge in [0.05, 0.1) is 17.1 Å². The van der Waals surface area contributed by atoms with Crippen molar-refractivity contribution in [1.82, 2.24) is 4.98 Å². The fourth-order valence-electron chi connectivity index (χ4n) is 2.25. The minimum Gasteiger partial charge on any atom is -0.354 e. The van der Waals surface area contributed by atoms with Gasteiger partial charge in [-0.15, -0.1) is 0 Å². The topological polar surface area (TPSA) is 39.6 Å². The number of hydrogen-bond acceptors (Lipinski definition) is 1. The molecule has 0 aliphatic heterocycles. The van der Waals surface area contributed by atoms with Gasteiger partial charge in [0.15, 0.2) is 0 Å². The lowest BCUT2D eigenvalue weighted by atomic mass is 10.0. The van der Waals surface area contributed by atoms with Crippen molar-refractivity contribution >= 4 is 27.9 Å². The van der Waals surface area contributed by atoms with Crippen LogP contribution in [0.15, 0.2) is 43.0 Å². The number of para-hydroxylation sites is 1. The lowest BCUT2D eigenvalue weighted by Gasteiger charge is -1.99. The molecule has 0 atom stereocenters. The SMILES string of the molecule is C=Cc1c(C#N)ccc2c1[nH]c1ccccc12. The van der Waals surface area contributed by atoms with Crippen LogP contribution in [0.3, 0.4) is 0 Å². The number of rotatable bonds is 1. The van der Waals surface area contributed by atoms with Gasteiger partial charge in [0.2, 0.25) is 0 Å². The van der Waals surface area contributed by atoms with Crippen LogP contribution in [0.1, 0.15) is 11.1 Å². The first-order valence-corrected chi connectivity index (χ1v) is 5.41. The lowest BCUT2D eigenvalue weighted by Crippen LogP contribution is -1.83. The van der Waals surface area contributed by atoms with E-state index >= 15 is 0 Å². The number of aromatic nitrogens is 1. The third-order valence-corrected chi connectivity index (χ3v) is 3.05. The molecule has 2 aromatic carbocycles. The molecule has 80 valence electrons. The van der Waals surface area contributed by atoms with Crippen LogP contribution in [0.2, 0.25) is 0 Å². The van der Waals surface area contributed by atoms with E-state index in [0.717, 1.165) is 22.0 Å². The Morgan fingerprint density at radius 2 is 1.94 bits per heavy atom. The molecule has 1 N–H and O–H groups in total. The molecule has 1 heterocycles. The molecular formula is C15H10N2. The molecular weight excluding hydrogens is 208 g/mol. The highest BCUT2D eigenvalue weighted by atomic mass is 14.7. The van der Waals surface area contributed by atoms with Crippen LogP contribution in [-0.4, -0.2) is 4.98 Å². The second-order valence-electron chi connectivity index (χ2n) is 3.94. The monoisotopic (exact) mass is 218 g/mol. The number of aromatic amines is 1. The van der Waals surface area contributed by atoms with Gasteiger partial charge in [-0.2, -0.15) is 5.26 Å². The van der Waals surface area contributed by atoms with Gasteiger partial charge in [0.25, 0.3) is 0 Å². The number of hydrogen-bond donors (Lipinski definition) is 1. The van der Waals surface area contributed by atoms with Crippen LogP contribution < -0.4 is 0 Å². The molecule has 0 radical (unpaired) electrons. The van der Waals surface area contributed by atoms with Crippen molar-refractivity contribution in [1.29, 1.82) is 5.26 Å². The summed E-state index contributed by atoms with van der Waals surface area (Å²) in [5, 5.41) is 11.4. The molecule has 2 nitrogen and oxygen atoms in total. The predicted octanol–water partition coefficient (Wildman–Crippen LogP) is 3.84. The van der Waals surface area contributed by atoms with E-state index in [4.69, 9.17) is 5.26 Å². The standard InChI is InChI=1S/C15H10N2/c1-2-11-10(9-16)7-8-13-12-5-3-4-6-14(12)17-15(11)13/h2-8,17H,1H2. The molecule has 0 bridgehead atoms. The average Bonchev–Trinajstić information content (AvgIpc) is 2.75. The maximum absolute atomic E-state index is 9.07. The van der Waals surface area contributed by atoms with E-state index in [-0.39, 0.29) is 0 Å². The van der Waals surface area contributed by atoms with Gasteiger partial charge in [-0.1, -0.05) is 36.9 Å². The van der Waals surface area contributed by atoms with Gasteiger partial charge in [-0.3, -0.25) is 0 Å². The zero-order valence-corrected chi connectivity index (χ0v) is 9.20. The summed E-state index contributed by atoms with van der Waals surface area (Å²) in [6.07, 6.45) is 1.73. The summed E-state index contributed by atoms with van der Waals surface area (Å²) < 4.78 is 0. The normalized spacial score (nSPS) is 10.5. The summed E-state index contributed by atoms with van der Waals surface area (Å²) in [5.41, 5.74) is 3.60. The van der Waals surface area contributed by atoms with Crippen molar-refractivity contribution in [3.05, 3.63) is 54.1 Å². The van der Waals surface area contributed by atoms with Crippen molar-refractivity contribution in [2.75, 3.05) is 0 Å². The predicted molar refractivity (Wildman–Crippen MR) is 70.6 cm³/mol. The fraction of sp³-hybridized carbons (Fsp3) is 0. The second kappa shape index (κ2) is 3.50. The van der Waals surface area contributed by atoms with Crippen LogP contribution in [-0.2, 0) is 0 Å². The van der Waals surface area contributed by atoms with Gasteiger partial charge >= 0.3 is 0 Å². The molecule has 0 saturated heterocycles. The van der Waals surface area contributed by atoms with Gasteiger partial charge in [-0.05, 0) is 12.1 Å². The van der Waals surface area contributed by atoms with E-state index < -0.39 is 0 Å². The van der Waals surface area contributed by atoms with Gasteiger partial charge in [0.1, 0.15) is 0 Å².